The van der Waals surface area contributed by atoms with Crippen molar-refractivity contribution in [1.82, 2.24) is 9.97 Å². The average molecular weight is 303 g/mol. The van der Waals surface area contributed by atoms with Crippen LogP contribution in [0.2, 0.25) is 0 Å². The molecule has 3 heterocycles. The third-order valence-corrected chi connectivity index (χ3v) is 6.37. The van der Waals surface area contributed by atoms with Crippen molar-refractivity contribution in [2.45, 2.75) is 38.1 Å². The molecule has 0 saturated carbocycles. The molecule has 1 fully saturated rings. The van der Waals surface area contributed by atoms with Crippen molar-refractivity contribution in [3.05, 3.63) is 16.8 Å². The molecular formula is C16H23N4S+. The van der Waals surface area contributed by atoms with E-state index in [2.05, 4.69) is 29.0 Å². The SMILES string of the molecule is CN(c1ncnc2sc3c(c12)CCC3)C1CC[NH+](C)CC1. The zero-order valence-corrected chi connectivity index (χ0v) is 13.7. The largest absolute Gasteiger partial charge is 0.356 e. The third kappa shape index (κ3) is 2.23. The second-order valence-electron chi connectivity index (χ2n) is 6.53. The van der Waals surface area contributed by atoms with E-state index in [1.165, 1.54) is 66.8 Å². The van der Waals surface area contributed by atoms with E-state index in [9.17, 15) is 0 Å². The van der Waals surface area contributed by atoms with E-state index in [1.807, 2.05) is 11.3 Å². The molecule has 0 atom stereocenters. The van der Waals surface area contributed by atoms with E-state index in [0.717, 1.165) is 0 Å². The summed E-state index contributed by atoms with van der Waals surface area (Å²) in [5, 5.41) is 1.35. The Hall–Kier alpha value is -1.20. The van der Waals surface area contributed by atoms with Gasteiger partial charge in [-0.2, -0.15) is 0 Å². The number of likely N-dealkylation sites (tertiary alicyclic amines) is 1. The van der Waals surface area contributed by atoms with Gasteiger partial charge in [-0.25, -0.2) is 9.97 Å². The topological polar surface area (TPSA) is 33.5 Å². The van der Waals surface area contributed by atoms with Crippen LogP contribution in [0.15, 0.2) is 6.33 Å². The van der Waals surface area contributed by atoms with Crippen molar-refractivity contribution in [1.29, 1.82) is 0 Å². The number of aryl methyl sites for hydroxylation is 2. The molecular weight excluding hydrogens is 280 g/mol. The van der Waals surface area contributed by atoms with Crippen molar-refractivity contribution in [3.63, 3.8) is 0 Å². The molecule has 1 N–H and O–H groups in total. The van der Waals surface area contributed by atoms with Gasteiger partial charge in [0.25, 0.3) is 0 Å². The van der Waals surface area contributed by atoms with Gasteiger partial charge >= 0.3 is 0 Å². The molecule has 2 aliphatic rings. The van der Waals surface area contributed by atoms with Gasteiger partial charge in [0.05, 0.1) is 25.5 Å². The number of hydrogen-bond donors (Lipinski definition) is 1. The van der Waals surface area contributed by atoms with Crippen molar-refractivity contribution in [3.8, 4) is 0 Å². The summed E-state index contributed by atoms with van der Waals surface area (Å²) in [4.78, 5) is 16.0. The molecule has 0 bridgehead atoms. The van der Waals surface area contributed by atoms with Crippen LogP contribution in [0.5, 0.6) is 0 Å². The first-order valence-electron chi connectivity index (χ1n) is 8.03. The van der Waals surface area contributed by atoms with Crippen LogP contribution in [0.4, 0.5) is 5.82 Å². The van der Waals surface area contributed by atoms with Crippen molar-refractivity contribution in [2.24, 2.45) is 0 Å². The molecule has 1 saturated heterocycles. The van der Waals surface area contributed by atoms with Crippen LogP contribution in [0.25, 0.3) is 10.2 Å². The maximum Gasteiger partial charge on any atom is 0.141 e. The lowest BCUT2D eigenvalue weighted by Gasteiger charge is -2.34. The number of thiophene rings is 1. The van der Waals surface area contributed by atoms with Crippen molar-refractivity contribution in [2.75, 3.05) is 32.1 Å². The van der Waals surface area contributed by atoms with Crippen LogP contribution in [0, 0.1) is 0 Å². The van der Waals surface area contributed by atoms with Gasteiger partial charge in [-0.1, -0.05) is 0 Å². The highest BCUT2D eigenvalue weighted by Gasteiger charge is 2.27. The number of aromatic nitrogens is 2. The molecule has 0 aromatic carbocycles. The van der Waals surface area contributed by atoms with E-state index in [0.29, 0.717) is 6.04 Å². The summed E-state index contributed by atoms with van der Waals surface area (Å²) in [7, 11) is 4.52. The van der Waals surface area contributed by atoms with Crippen LogP contribution in [0.1, 0.15) is 29.7 Å². The Kier molecular flexibility index (Phi) is 3.34. The van der Waals surface area contributed by atoms with E-state index in [4.69, 9.17) is 0 Å². The first kappa shape index (κ1) is 13.5. The number of fused-ring (bicyclic) bond motifs is 3. The summed E-state index contributed by atoms with van der Waals surface area (Å²) >= 11 is 1.88. The molecule has 0 spiro atoms. The first-order chi connectivity index (χ1) is 10.2. The van der Waals surface area contributed by atoms with Crippen molar-refractivity contribution < 1.29 is 4.90 Å². The molecule has 21 heavy (non-hydrogen) atoms. The molecule has 0 radical (unpaired) electrons. The number of quaternary nitrogens is 1. The minimum atomic E-state index is 0.628. The summed E-state index contributed by atoms with van der Waals surface area (Å²) in [6, 6.07) is 0.628. The van der Waals surface area contributed by atoms with Gasteiger partial charge in [-0.15, -0.1) is 11.3 Å². The monoisotopic (exact) mass is 303 g/mol. The molecule has 2 aromatic heterocycles. The van der Waals surface area contributed by atoms with Gasteiger partial charge < -0.3 is 9.80 Å². The molecule has 4 nitrogen and oxygen atoms in total. The minimum Gasteiger partial charge on any atom is -0.356 e. The Bertz CT molecular complexity index is 658. The fourth-order valence-electron chi connectivity index (χ4n) is 3.83. The summed E-state index contributed by atoms with van der Waals surface area (Å²) in [5.74, 6) is 1.17. The van der Waals surface area contributed by atoms with E-state index < -0.39 is 0 Å². The molecule has 5 heteroatoms. The first-order valence-corrected chi connectivity index (χ1v) is 8.85. The van der Waals surface area contributed by atoms with Crippen molar-refractivity contribution >= 4 is 27.4 Å². The van der Waals surface area contributed by atoms with Gasteiger partial charge in [0, 0.05) is 30.8 Å². The number of anilines is 1. The molecule has 1 aliphatic heterocycles. The highest BCUT2D eigenvalue weighted by molar-refractivity contribution is 7.19. The second kappa shape index (κ2) is 5.21. The summed E-state index contributed by atoms with van der Waals surface area (Å²) < 4.78 is 0. The van der Waals surface area contributed by atoms with Crippen LogP contribution in [-0.4, -0.2) is 43.2 Å². The zero-order chi connectivity index (χ0) is 14.4. The minimum absolute atomic E-state index is 0.628. The van der Waals surface area contributed by atoms with Gasteiger partial charge in [-0.3, -0.25) is 0 Å². The molecule has 112 valence electrons. The summed E-state index contributed by atoms with van der Waals surface area (Å²) in [6.45, 7) is 2.54. The van der Waals surface area contributed by atoms with Gasteiger partial charge in [0.15, 0.2) is 0 Å². The molecule has 0 unspecified atom stereocenters. The standard InChI is InChI=1S/C16H22N4S/c1-19-8-6-11(7-9-19)20(2)15-14-12-4-3-5-13(12)21-16(14)18-10-17-15/h10-11H,3-9H2,1-2H3/p+1. The second-order valence-corrected chi connectivity index (χ2v) is 7.62. The van der Waals surface area contributed by atoms with Crippen LogP contribution in [-0.2, 0) is 12.8 Å². The Morgan fingerprint density at radius 2 is 2.05 bits per heavy atom. The predicted molar refractivity (Wildman–Crippen MR) is 87.5 cm³/mol. The highest BCUT2D eigenvalue weighted by Crippen LogP contribution is 2.40. The molecule has 4 rings (SSSR count). The predicted octanol–water partition coefficient (Wildman–Crippen LogP) is 1.29. The summed E-state index contributed by atoms with van der Waals surface area (Å²) in [5.41, 5.74) is 1.54. The molecule has 1 aliphatic carbocycles. The van der Waals surface area contributed by atoms with Gasteiger partial charge in [0.2, 0.25) is 0 Å². The smallest absolute Gasteiger partial charge is 0.141 e. The Balaban J connectivity index is 1.72. The fourth-order valence-corrected chi connectivity index (χ4v) is 5.06. The zero-order valence-electron chi connectivity index (χ0n) is 12.9. The quantitative estimate of drug-likeness (QED) is 0.908. The summed E-state index contributed by atoms with van der Waals surface area (Å²) in [6.07, 6.45) is 8.02. The highest BCUT2D eigenvalue weighted by atomic mass is 32.1. The maximum absolute atomic E-state index is 4.67. The van der Waals surface area contributed by atoms with E-state index in [1.54, 1.807) is 16.1 Å². The van der Waals surface area contributed by atoms with Gasteiger partial charge in [-0.05, 0) is 24.8 Å². The maximum atomic E-state index is 4.67. The Labute approximate surface area is 129 Å². The number of rotatable bonds is 2. The van der Waals surface area contributed by atoms with Crippen LogP contribution in [0.3, 0.4) is 0 Å². The Morgan fingerprint density at radius 3 is 2.86 bits per heavy atom. The van der Waals surface area contributed by atoms with E-state index in [-0.39, 0.29) is 0 Å². The fraction of sp³-hybridized carbons (Fsp3) is 0.625. The lowest BCUT2D eigenvalue weighted by atomic mass is 10.0. The number of hydrogen-bond acceptors (Lipinski definition) is 4. The number of nitrogens with zero attached hydrogens (tertiary/aromatic N) is 3. The van der Waals surface area contributed by atoms with Crippen LogP contribution >= 0.6 is 11.3 Å². The molecule has 2 aromatic rings. The van der Waals surface area contributed by atoms with Crippen LogP contribution < -0.4 is 9.80 Å². The lowest BCUT2D eigenvalue weighted by Crippen LogP contribution is -3.10. The Morgan fingerprint density at radius 1 is 1.24 bits per heavy atom. The molecule has 0 amide bonds. The number of nitrogens with one attached hydrogen (secondary N) is 1. The lowest BCUT2D eigenvalue weighted by molar-refractivity contribution is -0.884. The third-order valence-electron chi connectivity index (χ3n) is 5.17. The normalized spacial score (nSPS) is 25.2. The van der Waals surface area contributed by atoms with E-state index >= 15 is 0 Å². The van der Waals surface area contributed by atoms with Gasteiger partial charge in [0.1, 0.15) is 17.0 Å². The average Bonchev–Trinajstić information content (AvgIpc) is 3.07. The number of piperidine rings is 1.